The molecule has 0 heterocycles. The van der Waals surface area contributed by atoms with Gasteiger partial charge >= 0.3 is 0 Å². The third-order valence-electron chi connectivity index (χ3n) is 2.10. The van der Waals surface area contributed by atoms with Gasteiger partial charge in [-0.15, -0.1) is 0 Å². The number of carbonyl (C=O) groups excluding carboxylic acids is 1. The van der Waals surface area contributed by atoms with Crippen LogP contribution in [0.25, 0.3) is 0 Å². The van der Waals surface area contributed by atoms with Crippen LogP contribution in [0.5, 0.6) is 0 Å². The summed E-state index contributed by atoms with van der Waals surface area (Å²) in [5, 5.41) is 0. The van der Waals surface area contributed by atoms with Crippen LogP contribution in [0.3, 0.4) is 0 Å². The third kappa shape index (κ3) is 1.29. The second-order valence-electron chi connectivity index (χ2n) is 2.96. The van der Waals surface area contributed by atoms with Crippen LogP contribution in [0.2, 0.25) is 0 Å². The van der Waals surface area contributed by atoms with Crippen molar-refractivity contribution in [3.8, 4) is 0 Å². The smallest absolute Gasteiger partial charge is 0.177 e. The molecule has 1 aliphatic rings. The summed E-state index contributed by atoms with van der Waals surface area (Å²) in [6, 6.07) is 2.05. The second-order valence-corrected chi connectivity index (χ2v) is 4.06. The van der Waals surface area contributed by atoms with Crippen LogP contribution in [0.1, 0.15) is 15.9 Å². The van der Waals surface area contributed by atoms with Gasteiger partial charge in [-0.2, -0.15) is 0 Å². The summed E-state index contributed by atoms with van der Waals surface area (Å²) in [6.07, 6.45) is 0.436. The molecule has 0 aromatic heterocycles. The Bertz CT molecular complexity index is 389. The molecule has 0 fully saturated rings. The first-order valence-corrected chi connectivity index (χ1v) is 4.67. The van der Waals surface area contributed by atoms with Crippen LogP contribution in [-0.4, -0.2) is 10.6 Å². The zero-order valence-corrected chi connectivity index (χ0v) is 8.07. The van der Waals surface area contributed by atoms with Gasteiger partial charge in [-0.05, 0) is 24.1 Å². The van der Waals surface area contributed by atoms with Crippen molar-refractivity contribution in [3.05, 3.63) is 34.9 Å². The topological polar surface area (TPSA) is 17.1 Å². The first-order chi connectivity index (χ1) is 6.09. The lowest BCUT2D eigenvalue weighted by atomic mass is 10.1. The van der Waals surface area contributed by atoms with E-state index in [-0.39, 0.29) is 10.6 Å². The SMILES string of the molecule is O=C1c2cc(F)c(F)cc2C[C@@H]1Br. The van der Waals surface area contributed by atoms with Crippen LogP contribution < -0.4 is 0 Å². The van der Waals surface area contributed by atoms with Gasteiger partial charge in [-0.1, -0.05) is 15.9 Å². The second kappa shape index (κ2) is 2.87. The Labute approximate surface area is 81.9 Å². The number of ketones is 1. The summed E-state index contributed by atoms with van der Waals surface area (Å²) < 4.78 is 25.5. The largest absolute Gasteiger partial charge is 0.293 e. The molecule has 0 saturated carbocycles. The Morgan fingerprint density at radius 3 is 2.62 bits per heavy atom. The molecule has 1 aliphatic carbocycles. The number of benzene rings is 1. The van der Waals surface area contributed by atoms with Crippen LogP contribution in [0.4, 0.5) is 8.78 Å². The molecule has 4 heteroatoms. The van der Waals surface area contributed by atoms with E-state index in [1.165, 1.54) is 0 Å². The average molecular weight is 247 g/mol. The predicted octanol–water partition coefficient (Wildman–Crippen LogP) is 2.47. The zero-order valence-electron chi connectivity index (χ0n) is 6.48. The Balaban J connectivity index is 2.59. The number of halogens is 3. The molecule has 1 aromatic carbocycles. The summed E-state index contributed by atoms with van der Waals surface area (Å²) in [5.74, 6) is -2.03. The van der Waals surface area contributed by atoms with E-state index in [2.05, 4.69) is 15.9 Å². The Hall–Kier alpha value is -0.770. The first-order valence-electron chi connectivity index (χ1n) is 3.76. The average Bonchev–Trinajstić information content (AvgIpc) is 2.32. The highest BCUT2D eigenvalue weighted by Gasteiger charge is 2.29. The van der Waals surface area contributed by atoms with E-state index in [0.29, 0.717) is 17.5 Å². The van der Waals surface area contributed by atoms with Crippen LogP contribution >= 0.6 is 15.9 Å². The summed E-state index contributed by atoms with van der Waals surface area (Å²) in [6.45, 7) is 0. The van der Waals surface area contributed by atoms with Crippen molar-refractivity contribution < 1.29 is 13.6 Å². The van der Waals surface area contributed by atoms with Crippen LogP contribution in [-0.2, 0) is 6.42 Å². The number of rotatable bonds is 0. The molecule has 0 spiro atoms. The highest BCUT2D eigenvalue weighted by molar-refractivity contribution is 9.10. The minimum Gasteiger partial charge on any atom is -0.293 e. The van der Waals surface area contributed by atoms with E-state index in [0.717, 1.165) is 12.1 Å². The van der Waals surface area contributed by atoms with E-state index >= 15 is 0 Å². The fourth-order valence-corrected chi connectivity index (χ4v) is 2.04. The number of Topliss-reactive ketones (excluding diaryl/α,β-unsaturated/α-hetero) is 1. The molecular weight excluding hydrogens is 242 g/mol. The highest BCUT2D eigenvalue weighted by Crippen LogP contribution is 2.28. The molecular formula is C9H5BrF2O. The number of hydrogen-bond donors (Lipinski definition) is 0. The highest BCUT2D eigenvalue weighted by atomic mass is 79.9. The molecule has 0 unspecified atom stereocenters. The van der Waals surface area contributed by atoms with Crippen molar-refractivity contribution in [1.29, 1.82) is 0 Å². The third-order valence-corrected chi connectivity index (χ3v) is 2.83. The lowest BCUT2D eigenvalue weighted by Crippen LogP contribution is -2.06. The van der Waals surface area contributed by atoms with E-state index in [4.69, 9.17) is 0 Å². The molecule has 0 saturated heterocycles. The maximum Gasteiger partial charge on any atom is 0.177 e. The van der Waals surface area contributed by atoms with Gasteiger partial charge in [0.1, 0.15) is 0 Å². The van der Waals surface area contributed by atoms with E-state index in [1.807, 2.05) is 0 Å². The van der Waals surface area contributed by atoms with Crippen molar-refractivity contribution >= 4 is 21.7 Å². The zero-order chi connectivity index (χ0) is 9.59. The Kier molecular flexibility index (Phi) is 1.95. The van der Waals surface area contributed by atoms with Gasteiger partial charge in [-0.25, -0.2) is 8.78 Å². The monoisotopic (exact) mass is 246 g/mol. The number of alkyl halides is 1. The summed E-state index contributed by atoms with van der Waals surface area (Å²) >= 11 is 3.14. The van der Waals surface area contributed by atoms with Gasteiger partial charge in [-0.3, -0.25) is 4.79 Å². The standard InChI is InChI=1S/C9H5BrF2O/c10-6-1-4-2-7(11)8(12)3-5(4)9(6)13/h2-3,6H,1H2/t6-/m0/s1. The fourth-order valence-electron chi connectivity index (χ4n) is 1.44. The number of fused-ring (bicyclic) bond motifs is 1. The molecule has 68 valence electrons. The quantitative estimate of drug-likeness (QED) is 0.643. The van der Waals surface area contributed by atoms with Crippen LogP contribution in [0.15, 0.2) is 12.1 Å². The fraction of sp³-hybridized carbons (Fsp3) is 0.222. The van der Waals surface area contributed by atoms with Crippen molar-refractivity contribution in [2.24, 2.45) is 0 Å². The maximum atomic E-state index is 12.7. The molecule has 0 radical (unpaired) electrons. The normalized spacial score (nSPS) is 20.5. The minimum atomic E-state index is -0.964. The summed E-state index contributed by atoms with van der Waals surface area (Å²) in [4.78, 5) is 11.0. The van der Waals surface area contributed by atoms with Crippen LogP contribution in [0, 0.1) is 11.6 Å². The van der Waals surface area contributed by atoms with Gasteiger partial charge in [0.25, 0.3) is 0 Å². The van der Waals surface area contributed by atoms with Gasteiger partial charge in [0.2, 0.25) is 0 Å². The van der Waals surface area contributed by atoms with Crippen molar-refractivity contribution in [1.82, 2.24) is 0 Å². The predicted molar refractivity (Wildman–Crippen MR) is 47.1 cm³/mol. The van der Waals surface area contributed by atoms with Crippen molar-refractivity contribution in [2.45, 2.75) is 11.2 Å². The Morgan fingerprint density at radius 1 is 1.31 bits per heavy atom. The molecule has 0 N–H and O–H groups in total. The summed E-state index contributed by atoms with van der Waals surface area (Å²) in [7, 11) is 0. The van der Waals surface area contributed by atoms with E-state index in [9.17, 15) is 13.6 Å². The molecule has 0 bridgehead atoms. The molecule has 1 nitrogen and oxygen atoms in total. The molecule has 13 heavy (non-hydrogen) atoms. The molecule has 0 amide bonds. The van der Waals surface area contributed by atoms with E-state index in [1.54, 1.807) is 0 Å². The van der Waals surface area contributed by atoms with Gasteiger partial charge in [0, 0.05) is 5.56 Å². The first kappa shape index (κ1) is 8.81. The van der Waals surface area contributed by atoms with Gasteiger partial charge < -0.3 is 0 Å². The van der Waals surface area contributed by atoms with Crippen molar-refractivity contribution in [2.75, 3.05) is 0 Å². The van der Waals surface area contributed by atoms with Gasteiger partial charge in [0.15, 0.2) is 17.4 Å². The van der Waals surface area contributed by atoms with Crippen molar-refractivity contribution in [3.63, 3.8) is 0 Å². The van der Waals surface area contributed by atoms with Gasteiger partial charge in [0.05, 0.1) is 4.83 Å². The molecule has 0 aliphatic heterocycles. The Morgan fingerprint density at radius 2 is 1.92 bits per heavy atom. The molecule has 2 rings (SSSR count). The molecule has 1 atom stereocenters. The lowest BCUT2D eigenvalue weighted by Gasteiger charge is -1.97. The summed E-state index contributed by atoms with van der Waals surface area (Å²) in [5.41, 5.74) is 0.867. The van der Waals surface area contributed by atoms with E-state index < -0.39 is 11.6 Å². The molecule has 1 aromatic rings. The number of carbonyl (C=O) groups is 1. The lowest BCUT2D eigenvalue weighted by molar-refractivity contribution is 0.100. The maximum absolute atomic E-state index is 12.7. The number of hydrogen-bond acceptors (Lipinski definition) is 1. The minimum absolute atomic E-state index is 0.172.